The summed E-state index contributed by atoms with van der Waals surface area (Å²) >= 11 is 0. The highest BCUT2D eigenvalue weighted by Crippen LogP contribution is 2.45. The molecule has 0 bridgehead atoms. The van der Waals surface area contributed by atoms with Crippen LogP contribution in [0.4, 0.5) is 0 Å². The molecule has 0 aliphatic rings. The van der Waals surface area contributed by atoms with Crippen molar-refractivity contribution in [2.75, 3.05) is 39.6 Å². The number of aliphatic hydroxyl groups excluding tert-OH is 1. The maximum absolute atomic E-state index is 13.1. The minimum atomic E-state index is -4.97. The predicted octanol–water partition coefficient (Wildman–Crippen LogP) is 25.9. The zero-order valence-electron chi connectivity index (χ0n) is 67.7. The maximum Gasteiger partial charge on any atom is 0.472 e. The number of aliphatic hydroxyl groups is 1. The molecule has 17 nitrogen and oxygen atoms in total. The average Bonchev–Trinajstić information content (AvgIpc) is 0.999. The highest BCUT2D eigenvalue weighted by Gasteiger charge is 2.30. The van der Waals surface area contributed by atoms with Crippen LogP contribution in [0, 0.1) is 0 Å². The second kappa shape index (κ2) is 78.9. The minimum absolute atomic E-state index is 0.0954. The van der Waals surface area contributed by atoms with E-state index in [4.69, 9.17) is 37.0 Å². The van der Waals surface area contributed by atoms with Crippen LogP contribution in [-0.2, 0) is 65.4 Å². The quantitative estimate of drug-likeness (QED) is 0.0169. The smallest absolute Gasteiger partial charge is 0.462 e. The van der Waals surface area contributed by atoms with Gasteiger partial charge in [0.1, 0.15) is 19.3 Å². The Balaban J connectivity index is 5.29. The Morgan fingerprint density at radius 1 is 0.260 bits per heavy atom. The molecule has 0 aromatic heterocycles. The molecule has 0 saturated heterocycles. The van der Waals surface area contributed by atoms with Crippen LogP contribution in [0.15, 0.2) is 12.2 Å². The number of phosphoric ester groups is 2. The molecule has 0 saturated carbocycles. The lowest BCUT2D eigenvalue weighted by molar-refractivity contribution is -0.161. The fraction of sp³-hybridized carbons (Fsp3) is 0.929. The highest BCUT2D eigenvalue weighted by atomic mass is 31.2. The third-order valence-corrected chi connectivity index (χ3v) is 21.7. The summed E-state index contributed by atoms with van der Waals surface area (Å²) in [5.74, 6) is -2.11. The van der Waals surface area contributed by atoms with Gasteiger partial charge in [-0.05, 0) is 51.4 Å². The van der Waals surface area contributed by atoms with Crippen molar-refractivity contribution in [2.45, 2.75) is 470 Å². The van der Waals surface area contributed by atoms with Gasteiger partial charge in [-0.15, -0.1) is 0 Å². The summed E-state index contributed by atoms with van der Waals surface area (Å²) in [6.07, 6.45) is 74.5. The molecule has 0 aliphatic heterocycles. The first-order valence-electron chi connectivity index (χ1n) is 43.9. The summed E-state index contributed by atoms with van der Waals surface area (Å²) in [6.45, 7) is 5.03. The van der Waals surface area contributed by atoms with Gasteiger partial charge in [0.05, 0.1) is 26.4 Å². The number of hydrogen-bond acceptors (Lipinski definition) is 15. The molecule has 0 spiro atoms. The van der Waals surface area contributed by atoms with Crippen molar-refractivity contribution < 1.29 is 80.2 Å². The summed E-state index contributed by atoms with van der Waals surface area (Å²) < 4.78 is 68.9. The first-order valence-corrected chi connectivity index (χ1v) is 46.9. The normalized spacial score (nSPS) is 13.8. The molecule has 0 rings (SSSR count). The Bertz CT molecular complexity index is 2010. The van der Waals surface area contributed by atoms with Gasteiger partial charge in [0.25, 0.3) is 0 Å². The van der Waals surface area contributed by atoms with Gasteiger partial charge in [0.2, 0.25) is 0 Å². The molecule has 19 heteroatoms. The van der Waals surface area contributed by atoms with Crippen LogP contribution in [0.5, 0.6) is 0 Å². The van der Waals surface area contributed by atoms with Crippen LogP contribution >= 0.6 is 15.6 Å². The zero-order chi connectivity index (χ0) is 76.0. The lowest BCUT2D eigenvalue weighted by Gasteiger charge is -2.21. The van der Waals surface area contributed by atoms with Crippen LogP contribution < -0.4 is 0 Å². The number of carbonyl (C=O) groups is 4. The van der Waals surface area contributed by atoms with Gasteiger partial charge in [-0.3, -0.25) is 37.3 Å². The van der Waals surface area contributed by atoms with Gasteiger partial charge < -0.3 is 33.8 Å². The van der Waals surface area contributed by atoms with Gasteiger partial charge in [-0.1, -0.05) is 387 Å². The van der Waals surface area contributed by atoms with Gasteiger partial charge >= 0.3 is 39.5 Å². The standard InChI is InChI=1S/C85H164O17P2/c1-5-9-13-17-21-25-29-33-37-39-43-46-50-54-58-62-66-70-83(88)96-76-81(102-85(90)72-68-64-60-56-52-48-44-40-38-34-30-26-22-18-14-10-6-2)78-100-104(93,94)98-74-79(86)73-97-103(91,92)99-77-80(101-84(89)71-67-63-59-55-51-47-42-36-32-28-24-20-16-12-8-4)75-95-82(87)69-65-61-57-53-49-45-41-35-31-27-23-19-15-11-7-3/h36,42,79-81,86H,5-35,37-41,43-78H2,1-4H3,(H,91,92)(H,93,94)/b42-36-/t79-,80-,81-/m1/s1. The van der Waals surface area contributed by atoms with E-state index in [1.165, 1.54) is 270 Å². The first-order chi connectivity index (χ1) is 50.7. The van der Waals surface area contributed by atoms with Crippen LogP contribution in [0.3, 0.4) is 0 Å². The first kappa shape index (κ1) is 102. The van der Waals surface area contributed by atoms with E-state index in [1.807, 2.05) is 0 Å². The van der Waals surface area contributed by atoms with E-state index in [0.717, 1.165) is 103 Å². The molecule has 0 aliphatic carbocycles. The van der Waals surface area contributed by atoms with E-state index < -0.39 is 97.5 Å². The Morgan fingerprint density at radius 2 is 0.442 bits per heavy atom. The fourth-order valence-corrected chi connectivity index (χ4v) is 14.6. The number of rotatable bonds is 85. The third kappa shape index (κ3) is 77.9. The largest absolute Gasteiger partial charge is 0.472 e. The Kier molecular flexibility index (Phi) is 77.2. The summed E-state index contributed by atoms with van der Waals surface area (Å²) in [5, 5.41) is 10.7. The molecule has 5 atom stereocenters. The van der Waals surface area contributed by atoms with Crippen molar-refractivity contribution in [2.24, 2.45) is 0 Å². The van der Waals surface area contributed by atoms with E-state index in [0.29, 0.717) is 25.7 Å². The lowest BCUT2D eigenvalue weighted by Crippen LogP contribution is -2.30. The number of ether oxygens (including phenoxy) is 4. The fourth-order valence-electron chi connectivity index (χ4n) is 13.0. The van der Waals surface area contributed by atoms with E-state index in [9.17, 15) is 43.2 Å². The molecule has 0 radical (unpaired) electrons. The van der Waals surface area contributed by atoms with Crippen molar-refractivity contribution in [3.63, 3.8) is 0 Å². The molecule has 0 aromatic rings. The Labute approximate surface area is 638 Å². The minimum Gasteiger partial charge on any atom is -0.462 e. The average molecular weight is 1520 g/mol. The second-order valence-corrected chi connectivity index (χ2v) is 33.1. The van der Waals surface area contributed by atoms with Gasteiger partial charge in [-0.25, -0.2) is 9.13 Å². The molecule has 0 heterocycles. The van der Waals surface area contributed by atoms with Gasteiger partial charge in [0.15, 0.2) is 12.2 Å². The third-order valence-electron chi connectivity index (χ3n) is 19.8. The molecular formula is C85H164O17P2. The summed E-state index contributed by atoms with van der Waals surface area (Å²) in [6, 6.07) is 0. The Morgan fingerprint density at radius 3 is 0.663 bits per heavy atom. The van der Waals surface area contributed by atoms with Crippen LogP contribution in [0.25, 0.3) is 0 Å². The molecule has 104 heavy (non-hydrogen) atoms. The van der Waals surface area contributed by atoms with Crippen molar-refractivity contribution in [1.29, 1.82) is 0 Å². The Hall–Kier alpha value is -2.20. The van der Waals surface area contributed by atoms with E-state index >= 15 is 0 Å². The molecule has 2 unspecified atom stereocenters. The van der Waals surface area contributed by atoms with Crippen molar-refractivity contribution in [3.8, 4) is 0 Å². The summed E-state index contributed by atoms with van der Waals surface area (Å²) in [7, 11) is -9.93. The number of hydrogen-bond donors (Lipinski definition) is 3. The van der Waals surface area contributed by atoms with E-state index in [2.05, 4.69) is 39.8 Å². The molecule has 0 aromatic carbocycles. The van der Waals surface area contributed by atoms with Crippen molar-refractivity contribution in [3.05, 3.63) is 12.2 Å². The monoisotopic (exact) mass is 1520 g/mol. The van der Waals surface area contributed by atoms with Crippen LogP contribution in [-0.4, -0.2) is 96.7 Å². The number of phosphoric acid groups is 2. The zero-order valence-corrected chi connectivity index (χ0v) is 69.5. The van der Waals surface area contributed by atoms with E-state index in [-0.39, 0.29) is 25.7 Å². The molecule has 3 N–H and O–H groups in total. The second-order valence-electron chi connectivity index (χ2n) is 30.2. The van der Waals surface area contributed by atoms with Crippen molar-refractivity contribution in [1.82, 2.24) is 0 Å². The molecular weight excluding hydrogens is 1350 g/mol. The SMILES string of the molecule is CCCCCCCC/C=C\CCCCCCCC(=O)O[C@H](COC(=O)CCCCCCCCCCCCCCCCC)COP(=O)(O)OC[C@@H](O)COP(=O)(O)OC[C@@H](COC(=O)CCCCCCCCCCCCCCCCCCC)OC(=O)CCCCCCCCCCCCCCCCCCC. The summed E-state index contributed by atoms with van der Waals surface area (Å²) in [5.41, 5.74) is 0. The number of carbonyl (C=O) groups excluding carboxylic acids is 4. The highest BCUT2D eigenvalue weighted by molar-refractivity contribution is 7.47. The lowest BCUT2D eigenvalue weighted by atomic mass is 10.0. The summed E-state index contributed by atoms with van der Waals surface area (Å²) in [4.78, 5) is 73.2. The predicted molar refractivity (Wildman–Crippen MR) is 428 cm³/mol. The van der Waals surface area contributed by atoms with Crippen LogP contribution in [0.2, 0.25) is 0 Å². The number of unbranched alkanes of at least 4 members (excludes halogenated alkanes) is 57. The number of esters is 4. The van der Waals surface area contributed by atoms with E-state index in [1.54, 1.807) is 0 Å². The molecule has 0 fully saturated rings. The van der Waals surface area contributed by atoms with Crippen molar-refractivity contribution >= 4 is 39.5 Å². The molecule has 0 amide bonds. The topological polar surface area (TPSA) is 237 Å². The van der Waals surface area contributed by atoms with Gasteiger partial charge in [0, 0.05) is 25.7 Å². The van der Waals surface area contributed by atoms with Crippen LogP contribution in [0.1, 0.15) is 451 Å². The molecule has 616 valence electrons. The van der Waals surface area contributed by atoms with Gasteiger partial charge in [-0.2, -0.15) is 0 Å². The number of allylic oxidation sites excluding steroid dienone is 2. The maximum atomic E-state index is 13.1.